The zero-order valence-corrected chi connectivity index (χ0v) is 12.0. The summed E-state index contributed by atoms with van der Waals surface area (Å²) in [7, 11) is -3.67. The minimum atomic E-state index is -3.67. The molecule has 0 spiro atoms. The van der Waals surface area contributed by atoms with Crippen LogP contribution in [0.5, 0.6) is 0 Å². The fourth-order valence-electron chi connectivity index (χ4n) is 1.24. The second-order valence-electron chi connectivity index (χ2n) is 3.43. The molecule has 0 aliphatic carbocycles. The summed E-state index contributed by atoms with van der Waals surface area (Å²) in [5.41, 5.74) is 6.17. The first kappa shape index (κ1) is 13.5. The van der Waals surface area contributed by atoms with E-state index in [0.29, 0.717) is 10.7 Å². The maximum Gasteiger partial charge on any atom is 0.271 e. The van der Waals surface area contributed by atoms with Crippen LogP contribution >= 0.6 is 34.5 Å². The number of anilines is 2. The van der Waals surface area contributed by atoms with Crippen molar-refractivity contribution in [2.24, 2.45) is 0 Å². The molecule has 0 bridgehead atoms. The Morgan fingerprint density at radius 1 is 1.22 bits per heavy atom. The van der Waals surface area contributed by atoms with E-state index < -0.39 is 10.0 Å². The van der Waals surface area contributed by atoms with Crippen LogP contribution in [0.25, 0.3) is 0 Å². The number of benzene rings is 1. The molecule has 0 aliphatic heterocycles. The smallest absolute Gasteiger partial charge is 0.271 e. The highest BCUT2D eigenvalue weighted by Gasteiger charge is 2.17. The summed E-state index contributed by atoms with van der Waals surface area (Å²) in [5.74, 6) is 0. The molecule has 0 saturated heterocycles. The van der Waals surface area contributed by atoms with E-state index in [-0.39, 0.29) is 14.9 Å². The van der Waals surface area contributed by atoms with Crippen molar-refractivity contribution >= 4 is 55.9 Å². The maximum absolute atomic E-state index is 12.0. The van der Waals surface area contributed by atoms with Crippen molar-refractivity contribution in [2.45, 2.75) is 4.21 Å². The molecular formula is C10H8Cl2N2O2S2. The summed E-state index contributed by atoms with van der Waals surface area (Å²) in [6, 6.07) is 5.90. The Kier molecular flexibility index (Phi) is 3.72. The second kappa shape index (κ2) is 4.97. The van der Waals surface area contributed by atoms with Gasteiger partial charge in [-0.05, 0) is 24.3 Å². The number of nitrogens with one attached hydrogen (secondary N) is 1. The molecular weight excluding hydrogens is 315 g/mol. The highest BCUT2D eigenvalue weighted by molar-refractivity contribution is 7.94. The molecule has 3 N–H and O–H groups in total. The van der Waals surface area contributed by atoms with E-state index in [1.165, 1.54) is 18.2 Å². The largest absolute Gasteiger partial charge is 0.398 e. The molecule has 0 unspecified atom stereocenters. The van der Waals surface area contributed by atoms with Gasteiger partial charge in [0.1, 0.15) is 4.21 Å². The zero-order chi connectivity index (χ0) is 13.3. The van der Waals surface area contributed by atoms with Crippen molar-refractivity contribution in [1.29, 1.82) is 0 Å². The Balaban J connectivity index is 2.33. The monoisotopic (exact) mass is 322 g/mol. The van der Waals surface area contributed by atoms with Crippen molar-refractivity contribution in [3.63, 3.8) is 0 Å². The first-order valence-electron chi connectivity index (χ1n) is 4.70. The third-order valence-electron chi connectivity index (χ3n) is 2.04. The van der Waals surface area contributed by atoms with Crippen LogP contribution in [-0.2, 0) is 10.0 Å². The van der Waals surface area contributed by atoms with Crippen LogP contribution < -0.4 is 10.5 Å². The zero-order valence-electron chi connectivity index (χ0n) is 8.85. The summed E-state index contributed by atoms with van der Waals surface area (Å²) < 4.78 is 26.5. The number of halogens is 2. The van der Waals surface area contributed by atoms with Crippen LogP contribution in [0.3, 0.4) is 0 Å². The molecule has 1 aromatic heterocycles. The van der Waals surface area contributed by atoms with Gasteiger partial charge in [-0.3, -0.25) is 4.72 Å². The Bertz CT molecular complexity index is 683. The molecule has 2 rings (SSSR count). The quantitative estimate of drug-likeness (QED) is 0.909. The van der Waals surface area contributed by atoms with E-state index in [2.05, 4.69) is 4.72 Å². The standard InChI is InChI=1S/C10H8Cl2N2O2S2/c11-6-1-2-9(8(12)3-6)14-18(15,16)10-4-7(13)5-17-10/h1-5,14H,13H2. The predicted molar refractivity (Wildman–Crippen MR) is 76.0 cm³/mol. The number of thiophene rings is 1. The molecule has 4 nitrogen and oxygen atoms in total. The van der Waals surface area contributed by atoms with Crippen molar-refractivity contribution in [1.82, 2.24) is 0 Å². The van der Waals surface area contributed by atoms with Crippen LogP contribution in [0.1, 0.15) is 0 Å². The number of rotatable bonds is 3. The average molecular weight is 323 g/mol. The molecule has 0 atom stereocenters. The lowest BCUT2D eigenvalue weighted by Crippen LogP contribution is -2.11. The van der Waals surface area contributed by atoms with E-state index in [1.54, 1.807) is 11.4 Å². The van der Waals surface area contributed by atoms with Gasteiger partial charge in [-0.15, -0.1) is 11.3 Å². The van der Waals surface area contributed by atoms with Crippen molar-refractivity contribution < 1.29 is 8.42 Å². The van der Waals surface area contributed by atoms with E-state index in [4.69, 9.17) is 28.9 Å². The fraction of sp³-hybridized carbons (Fsp3) is 0. The minimum Gasteiger partial charge on any atom is -0.398 e. The van der Waals surface area contributed by atoms with Crippen molar-refractivity contribution in [3.05, 3.63) is 39.7 Å². The Morgan fingerprint density at radius 2 is 1.94 bits per heavy atom. The molecule has 0 fully saturated rings. The number of hydrogen-bond donors (Lipinski definition) is 2. The van der Waals surface area contributed by atoms with Gasteiger partial charge in [0.2, 0.25) is 0 Å². The first-order valence-corrected chi connectivity index (χ1v) is 7.82. The number of hydrogen-bond acceptors (Lipinski definition) is 4. The summed E-state index contributed by atoms with van der Waals surface area (Å²) >= 11 is 12.7. The minimum absolute atomic E-state index is 0.131. The Labute approximate surface area is 118 Å². The molecule has 2 aromatic rings. The van der Waals surface area contributed by atoms with Crippen LogP contribution in [0.15, 0.2) is 33.9 Å². The number of nitrogens with two attached hydrogens (primary N) is 1. The SMILES string of the molecule is Nc1csc(S(=O)(=O)Nc2ccc(Cl)cc2Cl)c1. The first-order chi connectivity index (χ1) is 8.38. The lowest BCUT2D eigenvalue weighted by atomic mass is 10.3. The topological polar surface area (TPSA) is 72.2 Å². The highest BCUT2D eigenvalue weighted by Crippen LogP contribution is 2.29. The average Bonchev–Trinajstić information content (AvgIpc) is 2.70. The lowest BCUT2D eigenvalue weighted by molar-refractivity contribution is 0.603. The molecule has 18 heavy (non-hydrogen) atoms. The molecule has 1 heterocycles. The number of sulfonamides is 1. The van der Waals surface area contributed by atoms with Gasteiger partial charge in [0.05, 0.1) is 10.7 Å². The molecule has 96 valence electrons. The van der Waals surface area contributed by atoms with Crippen LogP contribution in [0, 0.1) is 0 Å². The van der Waals surface area contributed by atoms with E-state index >= 15 is 0 Å². The molecule has 1 aromatic carbocycles. The molecule has 0 aliphatic rings. The van der Waals surface area contributed by atoms with Gasteiger partial charge in [-0.1, -0.05) is 23.2 Å². The van der Waals surface area contributed by atoms with Crippen molar-refractivity contribution in [2.75, 3.05) is 10.5 Å². The van der Waals surface area contributed by atoms with Crippen LogP contribution in [0.4, 0.5) is 11.4 Å². The van der Waals surface area contributed by atoms with Gasteiger partial charge in [0.25, 0.3) is 10.0 Å². The normalized spacial score (nSPS) is 11.4. The van der Waals surface area contributed by atoms with Gasteiger partial charge in [-0.25, -0.2) is 8.42 Å². The second-order valence-corrected chi connectivity index (χ2v) is 7.09. The van der Waals surface area contributed by atoms with Crippen molar-refractivity contribution in [3.8, 4) is 0 Å². The van der Waals surface area contributed by atoms with E-state index in [0.717, 1.165) is 11.3 Å². The molecule has 0 radical (unpaired) electrons. The Hall–Kier alpha value is -0.950. The summed E-state index contributed by atoms with van der Waals surface area (Å²) in [6.07, 6.45) is 0. The third-order valence-corrected chi connectivity index (χ3v) is 5.41. The fourth-order valence-corrected chi connectivity index (χ4v) is 3.91. The molecule has 0 amide bonds. The third kappa shape index (κ3) is 2.89. The summed E-state index contributed by atoms with van der Waals surface area (Å²) in [6.45, 7) is 0. The lowest BCUT2D eigenvalue weighted by Gasteiger charge is -2.08. The van der Waals surface area contributed by atoms with Crippen LogP contribution in [0.2, 0.25) is 10.0 Å². The maximum atomic E-state index is 12.0. The highest BCUT2D eigenvalue weighted by atomic mass is 35.5. The molecule has 0 saturated carbocycles. The molecule has 8 heteroatoms. The van der Waals surface area contributed by atoms with Crippen LogP contribution in [-0.4, -0.2) is 8.42 Å². The van der Waals surface area contributed by atoms with Gasteiger partial charge < -0.3 is 5.73 Å². The number of nitrogen functional groups attached to an aromatic ring is 1. The van der Waals surface area contributed by atoms with Gasteiger partial charge in [0, 0.05) is 16.1 Å². The van der Waals surface area contributed by atoms with Gasteiger partial charge in [0.15, 0.2) is 0 Å². The summed E-state index contributed by atoms with van der Waals surface area (Å²) in [5, 5.41) is 2.22. The Morgan fingerprint density at radius 3 is 2.50 bits per heavy atom. The summed E-state index contributed by atoms with van der Waals surface area (Å²) in [4.78, 5) is 0. The van der Waals surface area contributed by atoms with E-state index in [9.17, 15) is 8.42 Å². The van der Waals surface area contributed by atoms with E-state index in [1.807, 2.05) is 0 Å². The van der Waals surface area contributed by atoms with Gasteiger partial charge >= 0.3 is 0 Å². The van der Waals surface area contributed by atoms with Gasteiger partial charge in [-0.2, -0.15) is 0 Å². The predicted octanol–water partition coefficient (Wildman–Crippen LogP) is 3.44.